The van der Waals surface area contributed by atoms with Crippen LogP contribution in [0.2, 0.25) is 0 Å². The van der Waals surface area contributed by atoms with Crippen molar-refractivity contribution in [3.63, 3.8) is 0 Å². The highest BCUT2D eigenvalue weighted by Gasteiger charge is 2.51. The summed E-state index contributed by atoms with van der Waals surface area (Å²) in [5.74, 6) is 0. The van der Waals surface area contributed by atoms with E-state index in [0.29, 0.717) is 0 Å². The summed E-state index contributed by atoms with van der Waals surface area (Å²) in [4.78, 5) is 0. The Kier molecular flexibility index (Phi) is 9.54. The van der Waals surface area contributed by atoms with Crippen LogP contribution in [0.15, 0.2) is 0 Å². The van der Waals surface area contributed by atoms with E-state index in [4.69, 9.17) is 23.7 Å². The lowest BCUT2D eigenvalue weighted by Gasteiger charge is -2.45. The summed E-state index contributed by atoms with van der Waals surface area (Å²) in [6.07, 6.45) is -24.9. The molecule has 0 saturated carbocycles. The molecule has 0 aliphatic carbocycles. The second-order valence-electron chi connectivity index (χ2n) is 8.37. The molecule has 0 aromatic carbocycles. The maximum absolute atomic E-state index is 10.3. The van der Waals surface area contributed by atoms with Crippen LogP contribution in [0.5, 0.6) is 0 Å². The van der Waals surface area contributed by atoms with Gasteiger partial charge in [0, 0.05) is 0 Å². The highest BCUT2D eigenvalue weighted by molar-refractivity contribution is 4.94. The monoisotopic (exact) mass is 504 g/mol. The molecule has 0 spiro atoms. The quantitative estimate of drug-likeness (QED) is 0.154. The third kappa shape index (κ3) is 5.52. The minimum Gasteiger partial charge on any atom is -0.394 e. The van der Waals surface area contributed by atoms with Gasteiger partial charge in [0.25, 0.3) is 0 Å². The molecule has 3 aliphatic heterocycles. The first kappa shape index (κ1) is 27.9. The molecule has 16 nitrogen and oxygen atoms in total. The van der Waals surface area contributed by atoms with Gasteiger partial charge in [-0.15, -0.1) is 0 Å². The molecule has 34 heavy (non-hydrogen) atoms. The van der Waals surface area contributed by atoms with E-state index >= 15 is 0 Å². The lowest BCUT2D eigenvalue weighted by molar-refractivity contribution is -0.362. The van der Waals surface area contributed by atoms with Crippen molar-refractivity contribution in [1.82, 2.24) is 0 Å². The van der Waals surface area contributed by atoms with E-state index in [2.05, 4.69) is 0 Å². The van der Waals surface area contributed by atoms with Crippen LogP contribution in [0, 0.1) is 0 Å². The third-order valence-corrected chi connectivity index (χ3v) is 6.07. The summed E-state index contributed by atoms with van der Waals surface area (Å²) < 4.78 is 26.3. The number of ether oxygens (including phenoxy) is 5. The van der Waals surface area contributed by atoms with E-state index in [0.717, 1.165) is 0 Å². The highest BCUT2D eigenvalue weighted by Crippen LogP contribution is 2.29. The molecule has 0 aromatic heterocycles. The van der Waals surface area contributed by atoms with Crippen LogP contribution in [-0.4, -0.2) is 168 Å². The number of rotatable bonds is 7. The Morgan fingerprint density at radius 1 is 0.500 bits per heavy atom. The first-order chi connectivity index (χ1) is 16.0. The van der Waals surface area contributed by atoms with Crippen LogP contribution in [0.1, 0.15) is 0 Å². The molecule has 0 amide bonds. The fraction of sp³-hybridized carbons (Fsp3) is 1.00. The van der Waals surface area contributed by atoms with E-state index in [9.17, 15) is 56.2 Å². The van der Waals surface area contributed by atoms with Crippen molar-refractivity contribution >= 4 is 0 Å². The minimum absolute atomic E-state index is 0.609. The molecule has 3 fully saturated rings. The van der Waals surface area contributed by atoms with Crippen LogP contribution >= 0.6 is 0 Å². The van der Waals surface area contributed by atoms with Crippen LogP contribution in [0.25, 0.3) is 0 Å². The SMILES string of the molecule is OC[C@H]1O[C@H](OC[C@H]2O[C@H](O[C@H]3[C@H](O)[C@@H](O)[C@H](O)O[C@@H]3CO)[C@H](O)[C@@H](O)[C@@H]2O)[C@H](O)[C@@H](O)[C@@H]1O. The Morgan fingerprint density at radius 2 is 1.03 bits per heavy atom. The molecule has 15 atom stereocenters. The van der Waals surface area contributed by atoms with Gasteiger partial charge < -0.3 is 79.9 Å². The lowest BCUT2D eigenvalue weighted by atomic mass is 9.97. The predicted octanol–water partition coefficient (Wildman–Crippen LogP) is -7.57. The molecular formula is C18H32O16. The van der Waals surface area contributed by atoms with Gasteiger partial charge in [0.1, 0.15) is 73.2 Å². The maximum atomic E-state index is 10.3. The molecular weight excluding hydrogens is 472 g/mol. The molecule has 0 radical (unpaired) electrons. The second kappa shape index (κ2) is 11.6. The van der Waals surface area contributed by atoms with Gasteiger partial charge in [-0.1, -0.05) is 0 Å². The minimum atomic E-state index is -1.87. The number of aliphatic hydroxyl groups is 11. The topological polar surface area (TPSA) is 269 Å². The Labute approximate surface area is 192 Å². The van der Waals surface area contributed by atoms with Crippen LogP contribution in [-0.2, 0) is 23.7 Å². The number of aliphatic hydroxyl groups excluding tert-OH is 11. The van der Waals surface area contributed by atoms with Crippen LogP contribution < -0.4 is 0 Å². The van der Waals surface area contributed by atoms with E-state index in [1.54, 1.807) is 0 Å². The van der Waals surface area contributed by atoms with Gasteiger partial charge in [0.05, 0.1) is 19.8 Å². The fourth-order valence-electron chi connectivity index (χ4n) is 3.95. The molecule has 3 heterocycles. The second-order valence-corrected chi connectivity index (χ2v) is 8.37. The van der Waals surface area contributed by atoms with Crippen LogP contribution in [0.4, 0.5) is 0 Å². The Hall–Kier alpha value is -0.640. The smallest absolute Gasteiger partial charge is 0.187 e. The third-order valence-electron chi connectivity index (χ3n) is 6.07. The normalized spacial score (nSPS) is 52.5. The molecule has 0 aromatic rings. The fourth-order valence-corrected chi connectivity index (χ4v) is 3.95. The summed E-state index contributed by atoms with van der Waals surface area (Å²) in [5.41, 5.74) is 0. The van der Waals surface area contributed by atoms with Crippen molar-refractivity contribution in [2.45, 2.75) is 92.1 Å². The standard InChI is InChI=1S/C18H32O16/c19-1-4-7(21)9(23)13(27)17(32-4)30-3-6-8(22)10(24)14(28)18(33-6)34-15-5(2-20)31-16(29)12(26)11(15)25/h4-29H,1-3H2/t4-,5-,6-,7-,8-,9+,10+,11-,12-,13-,14-,15-,16-,17+,18-/m1/s1. The van der Waals surface area contributed by atoms with Gasteiger partial charge in [-0.05, 0) is 0 Å². The molecule has 0 bridgehead atoms. The van der Waals surface area contributed by atoms with E-state index < -0.39 is 112 Å². The Morgan fingerprint density at radius 3 is 1.62 bits per heavy atom. The van der Waals surface area contributed by atoms with Gasteiger partial charge in [-0.25, -0.2) is 0 Å². The zero-order valence-electron chi connectivity index (χ0n) is 17.7. The average molecular weight is 504 g/mol. The largest absolute Gasteiger partial charge is 0.394 e. The first-order valence-electron chi connectivity index (χ1n) is 10.6. The average Bonchev–Trinajstić information content (AvgIpc) is 2.82. The van der Waals surface area contributed by atoms with Gasteiger partial charge in [0.2, 0.25) is 0 Å². The van der Waals surface area contributed by atoms with Crippen molar-refractivity contribution in [1.29, 1.82) is 0 Å². The summed E-state index contributed by atoms with van der Waals surface area (Å²) in [5, 5.41) is 109. The summed E-state index contributed by atoms with van der Waals surface area (Å²) in [6.45, 7) is -2.07. The molecule has 3 rings (SSSR count). The number of hydrogen-bond donors (Lipinski definition) is 11. The van der Waals surface area contributed by atoms with E-state index in [-0.39, 0.29) is 0 Å². The Bertz CT molecular complexity index is 637. The van der Waals surface area contributed by atoms with Gasteiger partial charge in [-0.3, -0.25) is 0 Å². The predicted molar refractivity (Wildman–Crippen MR) is 101 cm³/mol. The zero-order chi connectivity index (χ0) is 25.3. The molecule has 3 saturated heterocycles. The van der Waals surface area contributed by atoms with E-state index in [1.165, 1.54) is 0 Å². The molecule has 0 unspecified atom stereocenters. The Balaban J connectivity index is 1.66. The maximum Gasteiger partial charge on any atom is 0.187 e. The molecule has 11 N–H and O–H groups in total. The van der Waals surface area contributed by atoms with Gasteiger partial charge in [-0.2, -0.15) is 0 Å². The summed E-state index contributed by atoms with van der Waals surface area (Å²) >= 11 is 0. The zero-order valence-corrected chi connectivity index (χ0v) is 17.7. The summed E-state index contributed by atoms with van der Waals surface area (Å²) in [7, 11) is 0. The number of hydrogen-bond acceptors (Lipinski definition) is 16. The molecule has 200 valence electrons. The van der Waals surface area contributed by atoms with Crippen molar-refractivity contribution in [3.05, 3.63) is 0 Å². The van der Waals surface area contributed by atoms with Crippen molar-refractivity contribution in [3.8, 4) is 0 Å². The first-order valence-corrected chi connectivity index (χ1v) is 10.6. The van der Waals surface area contributed by atoms with Gasteiger partial charge in [0.15, 0.2) is 18.9 Å². The van der Waals surface area contributed by atoms with Crippen LogP contribution in [0.3, 0.4) is 0 Å². The van der Waals surface area contributed by atoms with Crippen molar-refractivity contribution in [2.24, 2.45) is 0 Å². The molecule has 3 aliphatic rings. The van der Waals surface area contributed by atoms with Gasteiger partial charge >= 0.3 is 0 Å². The molecule has 16 heteroatoms. The van der Waals surface area contributed by atoms with Crippen molar-refractivity contribution in [2.75, 3.05) is 19.8 Å². The van der Waals surface area contributed by atoms with E-state index in [1.807, 2.05) is 0 Å². The lowest BCUT2D eigenvalue weighted by Crippen LogP contribution is -2.65. The van der Waals surface area contributed by atoms with Crippen molar-refractivity contribution < 1.29 is 79.9 Å². The highest BCUT2D eigenvalue weighted by atomic mass is 16.7. The summed E-state index contributed by atoms with van der Waals surface area (Å²) in [6, 6.07) is 0.